The molecule has 10 heavy (non-hydrogen) atoms. The first-order chi connectivity index (χ1) is 4.72. The van der Waals surface area contributed by atoms with Gasteiger partial charge >= 0.3 is 5.97 Å². The third kappa shape index (κ3) is 1.46. The Morgan fingerprint density at radius 1 is 1.70 bits per heavy atom. The second kappa shape index (κ2) is 2.98. The van der Waals surface area contributed by atoms with E-state index in [0.29, 0.717) is 13.0 Å². The first-order valence-corrected chi connectivity index (χ1v) is 3.41. The van der Waals surface area contributed by atoms with E-state index in [0.717, 1.165) is 6.54 Å². The molecule has 1 rings (SSSR count). The topological polar surface area (TPSA) is 75.3 Å². The molecule has 0 aromatic carbocycles. The first kappa shape index (κ1) is 7.50. The lowest BCUT2D eigenvalue weighted by atomic mass is 9.94. The Morgan fingerprint density at radius 2 is 2.40 bits per heavy atom. The van der Waals surface area contributed by atoms with Crippen LogP contribution in [0.5, 0.6) is 0 Å². The van der Waals surface area contributed by atoms with Crippen LogP contribution in [0.25, 0.3) is 0 Å². The van der Waals surface area contributed by atoms with Crippen molar-refractivity contribution in [3.63, 3.8) is 0 Å². The summed E-state index contributed by atoms with van der Waals surface area (Å²) < 4.78 is 0. The Kier molecular flexibility index (Phi) is 2.24. The molecule has 4 N–H and O–H groups in total. The fraction of sp³-hybridized carbons (Fsp3) is 0.833. The largest absolute Gasteiger partial charge is 0.481 e. The SMILES string of the molecule is NC1CNCCC1C(=O)O. The maximum absolute atomic E-state index is 10.5. The maximum atomic E-state index is 10.5. The van der Waals surface area contributed by atoms with Crippen LogP contribution in [0.3, 0.4) is 0 Å². The number of carboxylic acid groups (broad SMARTS) is 1. The fourth-order valence-electron chi connectivity index (χ4n) is 1.19. The zero-order valence-electron chi connectivity index (χ0n) is 5.71. The van der Waals surface area contributed by atoms with Crippen LogP contribution in [0.4, 0.5) is 0 Å². The van der Waals surface area contributed by atoms with Gasteiger partial charge in [-0.05, 0) is 13.0 Å². The summed E-state index contributed by atoms with van der Waals surface area (Å²) in [7, 11) is 0. The number of carboxylic acids is 1. The molecule has 2 unspecified atom stereocenters. The molecule has 1 fully saturated rings. The molecule has 0 spiro atoms. The van der Waals surface area contributed by atoms with Crippen LogP contribution >= 0.6 is 0 Å². The second-order valence-corrected chi connectivity index (χ2v) is 2.60. The Hall–Kier alpha value is -0.610. The number of nitrogens with two attached hydrogens (primary N) is 1. The van der Waals surface area contributed by atoms with E-state index in [1.165, 1.54) is 0 Å². The fourth-order valence-corrected chi connectivity index (χ4v) is 1.19. The number of piperidine rings is 1. The number of carbonyl (C=O) groups is 1. The number of nitrogens with one attached hydrogen (secondary N) is 1. The van der Waals surface area contributed by atoms with Crippen LogP contribution in [-0.4, -0.2) is 30.2 Å². The summed E-state index contributed by atoms with van der Waals surface area (Å²) in [5.41, 5.74) is 5.54. The van der Waals surface area contributed by atoms with Gasteiger partial charge in [0, 0.05) is 12.6 Å². The van der Waals surface area contributed by atoms with Crippen LogP contribution in [0.15, 0.2) is 0 Å². The summed E-state index contributed by atoms with van der Waals surface area (Å²) in [6.07, 6.45) is 0.649. The highest BCUT2D eigenvalue weighted by Crippen LogP contribution is 2.09. The minimum atomic E-state index is -0.769. The monoisotopic (exact) mass is 144 g/mol. The van der Waals surface area contributed by atoms with E-state index in [1.54, 1.807) is 0 Å². The molecule has 1 aliphatic rings. The summed E-state index contributed by atoms with van der Waals surface area (Å²) in [5, 5.41) is 11.6. The van der Waals surface area contributed by atoms with Crippen molar-refractivity contribution < 1.29 is 9.90 Å². The van der Waals surface area contributed by atoms with Crippen LogP contribution in [0, 0.1) is 5.92 Å². The normalized spacial score (nSPS) is 33.7. The van der Waals surface area contributed by atoms with Crippen molar-refractivity contribution in [3.8, 4) is 0 Å². The van der Waals surface area contributed by atoms with Crippen molar-refractivity contribution in [2.24, 2.45) is 11.7 Å². The van der Waals surface area contributed by atoms with Crippen LogP contribution < -0.4 is 11.1 Å². The predicted molar refractivity (Wildman–Crippen MR) is 36.6 cm³/mol. The molecule has 0 aromatic rings. The molecule has 0 saturated carbocycles. The minimum absolute atomic E-state index is 0.216. The maximum Gasteiger partial charge on any atom is 0.308 e. The zero-order valence-corrected chi connectivity index (χ0v) is 5.71. The van der Waals surface area contributed by atoms with Crippen molar-refractivity contribution in [1.29, 1.82) is 0 Å². The average Bonchev–Trinajstić information content (AvgIpc) is 1.88. The van der Waals surface area contributed by atoms with Crippen molar-refractivity contribution in [1.82, 2.24) is 5.32 Å². The van der Waals surface area contributed by atoms with Crippen molar-refractivity contribution >= 4 is 5.97 Å². The number of hydrogen-bond acceptors (Lipinski definition) is 3. The molecular weight excluding hydrogens is 132 g/mol. The van der Waals surface area contributed by atoms with E-state index in [2.05, 4.69) is 5.32 Å². The van der Waals surface area contributed by atoms with Gasteiger partial charge in [-0.2, -0.15) is 0 Å². The lowest BCUT2D eigenvalue weighted by Crippen LogP contribution is -2.48. The summed E-state index contributed by atoms with van der Waals surface area (Å²) >= 11 is 0. The smallest absolute Gasteiger partial charge is 0.308 e. The molecule has 0 amide bonds. The first-order valence-electron chi connectivity index (χ1n) is 3.41. The number of aliphatic carboxylic acids is 1. The van der Waals surface area contributed by atoms with Crippen molar-refractivity contribution in [2.45, 2.75) is 12.5 Å². The Bertz CT molecular complexity index is 138. The van der Waals surface area contributed by atoms with Gasteiger partial charge < -0.3 is 16.2 Å². The minimum Gasteiger partial charge on any atom is -0.481 e. The van der Waals surface area contributed by atoms with Crippen LogP contribution in [0.2, 0.25) is 0 Å². The number of hydrogen-bond donors (Lipinski definition) is 3. The molecule has 1 heterocycles. The van der Waals surface area contributed by atoms with Crippen molar-refractivity contribution in [2.75, 3.05) is 13.1 Å². The number of rotatable bonds is 1. The van der Waals surface area contributed by atoms with E-state index >= 15 is 0 Å². The van der Waals surface area contributed by atoms with Gasteiger partial charge in [-0.15, -0.1) is 0 Å². The molecular formula is C6H12N2O2. The zero-order chi connectivity index (χ0) is 7.56. The molecule has 0 radical (unpaired) electrons. The third-order valence-electron chi connectivity index (χ3n) is 1.85. The highest BCUT2D eigenvalue weighted by atomic mass is 16.4. The van der Waals surface area contributed by atoms with Gasteiger partial charge in [0.05, 0.1) is 5.92 Å². The van der Waals surface area contributed by atoms with Gasteiger partial charge in [0.25, 0.3) is 0 Å². The molecule has 0 bridgehead atoms. The lowest BCUT2D eigenvalue weighted by molar-refractivity contribution is -0.143. The molecule has 4 heteroatoms. The Morgan fingerprint density at radius 3 is 2.80 bits per heavy atom. The summed E-state index contributed by atoms with van der Waals surface area (Å²) in [6.45, 7) is 1.39. The molecule has 1 aliphatic heterocycles. The van der Waals surface area contributed by atoms with E-state index < -0.39 is 5.97 Å². The average molecular weight is 144 g/mol. The van der Waals surface area contributed by atoms with Crippen LogP contribution in [0.1, 0.15) is 6.42 Å². The highest BCUT2D eigenvalue weighted by Gasteiger charge is 2.27. The molecule has 58 valence electrons. The van der Waals surface area contributed by atoms with Gasteiger partial charge in [-0.1, -0.05) is 0 Å². The van der Waals surface area contributed by atoms with E-state index in [1.807, 2.05) is 0 Å². The molecule has 2 atom stereocenters. The van der Waals surface area contributed by atoms with E-state index in [-0.39, 0.29) is 12.0 Å². The molecule has 1 saturated heterocycles. The summed E-state index contributed by atoms with van der Waals surface area (Å²) in [5.74, 6) is -1.12. The Balaban J connectivity index is 2.47. The van der Waals surface area contributed by atoms with Gasteiger partial charge in [-0.3, -0.25) is 4.79 Å². The predicted octanol–water partition coefficient (Wildman–Crippen LogP) is -0.992. The lowest BCUT2D eigenvalue weighted by Gasteiger charge is -2.25. The van der Waals surface area contributed by atoms with E-state index in [4.69, 9.17) is 10.8 Å². The van der Waals surface area contributed by atoms with Gasteiger partial charge in [-0.25, -0.2) is 0 Å². The molecule has 0 aliphatic carbocycles. The summed E-state index contributed by atoms with van der Waals surface area (Å²) in [6, 6.07) is -0.216. The van der Waals surface area contributed by atoms with E-state index in [9.17, 15) is 4.79 Å². The molecule has 4 nitrogen and oxygen atoms in total. The highest BCUT2D eigenvalue weighted by molar-refractivity contribution is 5.71. The van der Waals surface area contributed by atoms with Crippen molar-refractivity contribution in [3.05, 3.63) is 0 Å². The van der Waals surface area contributed by atoms with Gasteiger partial charge in [0.15, 0.2) is 0 Å². The van der Waals surface area contributed by atoms with Crippen LogP contribution in [-0.2, 0) is 4.79 Å². The summed E-state index contributed by atoms with van der Waals surface area (Å²) in [4.78, 5) is 10.5. The molecule has 0 aromatic heterocycles. The Labute approximate surface area is 59.4 Å². The quantitative estimate of drug-likeness (QED) is 0.441. The standard InChI is InChI=1S/C6H12N2O2/c7-5-3-8-2-1-4(5)6(9)10/h4-5,8H,1-3,7H2,(H,9,10). The second-order valence-electron chi connectivity index (χ2n) is 2.60. The van der Waals surface area contributed by atoms with Gasteiger partial charge in [0.1, 0.15) is 0 Å². The van der Waals surface area contributed by atoms with Gasteiger partial charge in [0.2, 0.25) is 0 Å². The third-order valence-corrected chi connectivity index (χ3v) is 1.85.